The number of benzene rings is 1. The highest BCUT2D eigenvalue weighted by molar-refractivity contribution is 7.14. The van der Waals surface area contributed by atoms with Crippen LogP contribution in [0.3, 0.4) is 0 Å². The summed E-state index contributed by atoms with van der Waals surface area (Å²) < 4.78 is 5.19. The van der Waals surface area contributed by atoms with Gasteiger partial charge in [-0.2, -0.15) is 0 Å². The summed E-state index contributed by atoms with van der Waals surface area (Å²) in [6, 6.07) is 9.02. The number of anilines is 2. The topological polar surface area (TPSA) is 75.7 Å². The van der Waals surface area contributed by atoms with Crippen LogP contribution in [0.25, 0.3) is 0 Å². The van der Waals surface area contributed by atoms with Gasteiger partial charge in [-0.3, -0.25) is 9.59 Å². The molecule has 1 aromatic heterocycles. The second-order valence-electron chi connectivity index (χ2n) is 7.73. The van der Waals surface area contributed by atoms with E-state index < -0.39 is 11.9 Å². The summed E-state index contributed by atoms with van der Waals surface area (Å²) >= 11 is 1.48. The predicted octanol–water partition coefficient (Wildman–Crippen LogP) is 3.80. The summed E-state index contributed by atoms with van der Waals surface area (Å²) in [6.45, 7) is 2.62. The molecular weight excluding hydrogens is 388 g/mol. The zero-order valence-electron chi connectivity index (χ0n) is 16.4. The number of hydrogen-bond acceptors (Lipinski definition) is 5. The van der Waals surface area contributed by atoms with E-state index in [0.717, 1.165) is 37.9 Å². The lowest BCUT2D eigenvalue weighted by Gasteiger charge is -2.16. The lowest BCUT2D eigenvalue weighted by molar-refractivity contribution is -0.119. The van der Waals surface area contributed by atoms with Crippen molar-refractivity contribution in [3.05, 3.63) is 45.6 Å². The van der Waals surface area contributed by atoms with Gasteiger partial charge < -0.3 is 15.0 Å². The molecule has 0 spiro atoms. The summed E-state index contributed by atoms with van der Waals surface area (Å²) in [5.74, 6) is -0.0754. The molecule has 2 heterocycles. The molecule has 1 aliphatic carbocycles. The third kappa shape index (κ3) is 4.50. The molecule has 1 N–H and O–H groups in total. The summed E-state index contributed by atoms with van der Waals surface area (Å²) in [6.07, 6.45) is 4.60. The van der Waals surface area contributed by atoms with E-state index in [-0.39, 0.29) is 12.5 Å². The number of carbonyl (C=O) groups excluding carboxylic acids is 3. The number of aryl methyl sites for hydroxylation is 1. The Bertz CT molecular complexity index is 935. The molecular formula is C22H24N2O4S. The van der Waals surface area contributed by atoms with Crippen LogP contribution in [0, 0.1) is 5.92 Å². The Hall–Kier alpha value is -2.67. The van der Waals surface area contributed by atoms with E-state index >= 15 is 0 Å². The first-order valence-electron chi connectivity index (χ1n) is 9.98. The van der Waals surface area contributed by atoms with Crippen molar-refractivity contribution < 1.29 is 19.1 Å². The number of fused-ring (bicyclic) bond motifs is 1. The van der Waals surface area contributed by atoms with Gasteiger partial charge in [0, 0.05) is 29.2 Å². The Morgan fingerprint density at radius 2 is 2.03 bits per heavy atom. The van der Waals surface area contributed by atoms with E-state index in [0.29, 0.717) is 22.9 Å². The van der Waals surface area contributed by atoms with Gasteiger partial charge in [-0.05, 0) is 67.5 Å². The second-order valence-corrected chi connectivity index (χ2v) is 8.86. The van der Waals surface area contributed by atoms with E-state index in [9.17, 15) is 14.4 Å². The molecule has 0 bridgehead atoms. The van der Waals surface area contributed by atoms with Crippen molar-refractivity contribution in [2.45, 2.75) is 39.0 Å². The third-order valence-electron chi connectivity index (χ3n) is 5.40. The van der Waals surface area contributed by atoms with Crippen LogP contribution in [0.1, 0.15) is 46.3 Å². The van der Waals surface area contributed by atoms with Crippen LogP contribution < -0.4 is 10.2 Å². The minimum absolute atomic E-state index is 0.124. The Morgan fingerprint density at radius 3 is 2.76 bits per heavy atom. The molecule has 6 nitrogen and oxygen atoms in total. The van der Waals surface area contributed by atoms with Crippen molar-refractivity contribution in [2.75, 3.05) is 23.4 Å². The van der Waals surface area contributed by atoms with Gasteiger partial charge in [0.1, 0.15) is 4.88 Å². The van der Waals surface area contributed by atoms with Crippen LogP contribution in [-0.2, 0) is 27.2 Å². The molecule has 1 aliphatic heterocycles. The summed E-state index contributed by atoms with van der Waals surface area (Å²) in [7, 11) is 0. The lowest BCUT2D eigenvalue weighted by Crippen LogP contribution is -2.23. The molecule has 1 atom stereocenters. The standard InChI is InChI=1S/C22H24N2O4S/c1-14-4-9-18-15(11-14)12-19(29-18)22(27)28-13-20(25)23-16-5-7-17(8-6-16)24-10-2-3-21(24)26/h5-8,12,14H,2-4,9-11,13H2,1H3,(H,23,25)/t14-/m0/s1. The fraction of sp³-hybridized carbons (Fsp3) is 0.409. The van der Waals surface area contributed by atoms with E-state index in [2.05, 4.69) is 12.2 Å². The van der Waals surface area contributed by atoms with E-state index in [1.54, 1.807) is 17.0 Å². The maximum absolute atomic E-state index is 12.3. The van der Waals surface area contributed by atoms with Crippen molar-refractivity contribution in [1.29, 1.82) is 0 Å². The van der Waals surface area contributed by atoms with Crippen molar-refractivity contribution in [2.24, 2.45) is 5.92 Å². The van der Waals surface area contributed by atoms with Gasteiger partial charge in [-0.15, -0.1) is 11.3 Å². The highest BCUT2D eigenvalue weighted by Crippen LogP contribution is 2.32. The Morgan fingerprint density at radius 1 is 1.24 bits per heavy atom. The highest BCUT2D eigenvalue weighted by Gasteiger charge is 2.23. The maximum atomic E-state index is 12.3. The first kappa shape index (κ1) is 19.6. The van der Waals surface area contributed by atoms with Gasteiger partial charge in [0.25, 0.3) is 5.91 Å². The number of carbonyl (C=O) groups is 3. The molecule has 1 saturated heterocycles. The average Bonchev–Trinajstić information content (AvgIpc) is 3.32. The van der Waals surface area contributed by atoms with Crippen molar-refractivity contribution in [1.82, 2.24) is 0 Å². The zero-order valence-corrected chi connectivity index (χ0v) is 17.2. The van der Waals surface area contributed by atoms with Crippen molar-refractivity contribution in [3.8, 4) is 0 Å². The van der Waals surface area contributed by atoms with Gasteiger partial charge >= 0.3 is 5.97 Å². The van der Waals surface area contributed by atoms with E-state index in [1.165, 1.54) is 21.8 Å². The molecule has 4 rings (SSSR count). The van der Waals surface area contributed by atoms with E-state index in [1.807, 2.05) is 18.2 Å². The number of thiophene rings is 1. The maximum Gasteiger partial charge on any atom is 0.348 e. The Kier molecular flexibility index (Phi) is 5.67. The van der Waals surface area contributed by atoms with Crippen molar-refractivity contribution >= 4 is 40.5 Å². The van der Waals surface area contributed by atoms with Crippen LogP contribution in [0.2, 0.25) is 0 Å². The Labute approximate surface area is 173 Å². The summed E-state index contributed by atoms with van der Waals surface area (Å²) in [5, 5.41) is 2.72. The predicted molar refractivity (Wildman–Crippen MR) is 112 cm³/mol. The van der Waals surface area contributed by atoms with Crippen LogP contribution >= 0.6 is 11.3 Å². The quantitative estimate of drug-likeness (QED) is 0.758. The number of rotatable bonds is 5. The third-order valence-corrected chi connectivity index (χ3v) is 6.62. The molecule has 1 fully saturated rings. The summed E-state index contributed by atoms with van der Waals surface area (Å²) in [4.78, 5) is 39.8. The molecule has 29 heavy (non-hydrogen) atoms. The minimum Gasteiger partial charge on any atom is -0.451 e. The van der Waals surface area contributed by atoms with Crippen LogP contribution in [0.4, 0.5) is 11.4 Å². The van der Waals surface area contributed by atoms with Crippen LogP contribution in [0.15, 0.2) is 30.3 Å². The Balaban J connectivity index is 1.29. The largest absolute Gasteiger partial charge is 0.451 e. The van der Waals surface area contributed by atoms with Gasteiger partial charge in [0.15, 0.2) is 6.61 Å². The normalized spacial score (nSPS) is 18.4. The zero-order chi connectivity index (χ0) is 20.4. The monoisotopic (exact) mass is 412 g/mol. The van der Waals surface area contributed by atoms with Gasteiger partial charge in [-0.25, -0.2) is 4.79 Å². The second kappa shape index (κ2) is 8.37. The van der Waals surface area contributed by atoms with Crippen molar-refractivity contribution in [3.63, 3.8) is 0 Å². The SMILES string of the molecule is C[C@H]1CCc2sc(C(=O)OCC(=O)Nc3ccc(N4CCCC4=O)cc3)cc2C1. The highest BCUT2D eigenvalue weighted by atomic mass is 32.1. The van der Waals surface area contributed by atoms with Crippen LogP contribution in [0.5, 0.6) is 0 Å². The molecule has 0 unspecified atom stereocenters. The minimum atomic E-state index is -0.449. The number of nitrogens with zero attached hydrogens (tertiary/aromatic N) is 1. The average molecular weight is 413 g/mol. The molecule has 2 aliphatic rings. The number of esters is 1. The molecule has 0 saturated carbocycles. The smallest absolute Gasteiger partial charge is 0.348 e. The van der Waals surface area contributed by atoms with Gasteiger partial charge in [-0.1, -0.05) is 6.92 Å². The lowest BCUT2D eigenvalue weighted by atomic mass is 9.90. The fourth-order valence-electron chi connectivity index (χ4n) is 3.85. The number of ether oxygens (including phenoxy) is 1. The first-order chi connectivity index (χ1) is 14.0. The molecule has 7 heteroatoms. The van der Waals surface area contributed by atoms with Crippen LogP contribution in [-0.4, -0.2) is 30.9 Å². The van der Waals surface area contributed by atoms with E-state index in [4.69, 9.17) is 4.74 Å². The molecule has 152 valence electrons. The number of nitrogens with one attached hydrogen (secondary N) is 1. The molecule has 2 amide bonds. The number of hydrogen-bond donors (Lipinski definition) is 1. The molecule has 0 radical (unpaired) electrons. The van der Waals surface area contributed by atoms with Gasteiger partial charge in [0.05, 0.1) is 0 Å². The van der Waals surface area contributed by atoms with Gasteiger partial charge in [0.2, 0.25) is 5.91 Å². The number of amides is 2. The first-order valence-corrected chi connectivity index (χ1v) is 10.8. The molecule has 2 aromatic rings. The fourth-order valence-corrected chi connectivity index (χ4v) is 4.95. The molecule has 1 aromatic carbocycles. The summed E-state index contributed by atoms with van der Waals surface area (Å²) in [5.41, 5.74) is 2.66.